The second-order valence-electron chi connectivity index (χ2n) is 7.80. The topological polar surface area (TPSA) is 65.4 Å². The zero-order chi connectivity index (χ0) is 22.9. The van der Waals surface area contributed by atoms with Crippen LogP contribution in [0.15, 0.2) is 54.6 Å². The number of ether oxygens (including phenoxy) is 2. The normalized spacial score (nSPS) is 11.0. The lowest BCUT2D eigenvalue weighted by atomic mass is 10.1. The van der Waals surface area contributed by atoms with Crippen molar-refractivity contribution in [2.45, 2.75) is 40.3 Å². The molecule has 0 aliphatic heterocycles. The maximum atomic E-state index is 12.2. The molecule has 0 bridgehead atoms. The van der Waals surface area contributed by atoms with Gasteiger partial charge in [-0.2, -0.15) is 5.10 Å². The molecule has 3 rings (SSSR count). The van der Waals surface area contributed by atoms with Crippen molar-refractivity contribution in [2.75, 3.05) is 13.7 Å². The molecule has 0 atom stereocenters. The molecule has 0 unspecified atom stereocenters. The summed E-state index contributed by atoms with van der Waals surface area (Å²) in [7, 11) is 1.64. The molecule has 32 heavy (non-hydrogen) atoms. The second kappa shape index (κ2) is 11.2. The maximum absolute atomic E-state index is 12.2. The molecular formula is C26H31N3O3. The van der Waals surface area contributed by atoms with E-state index in [1.165, 1.54) is 0 Å². The highest BCUT2D eigenvalue weighted by Gasteiger charge is 2.06. The minimum Gasteiger partial charge on any atom is -0.496 e. The minimum absolute atomic E-state index is 0.119. The zero-order valence-electron chi connectivity index (χ0n) is 19.2. The van der Waals surface area contributed by atoms with Crippen LogP contribution >= 0.6 is 0 Å². The van der Waals surface area contributed by atoms with E-state index in [1.807, 2.05) is 67.9 Å². The lowest BCUT2D eigenvalue weighted by molar-refractivity contribution is -0.116. The van der Waals surface area contributed by atoms with Crippen LogP contribution in [0.4, 0.5) is 0 Å². The largest absolute Gasteiger partial charge is 0.496 e. The van der Waals surface area contributed by atoms with Crippen LogP contribution in [-0.2, 0) is 17.9 Å². The van der Waals surface area contributed by atoms with Gasteiger partial charge in [0.05, 0.1) is 12.8 Å². The van der Waals surface area contributed by atoms with E-state index in [9.17, 15) is 4.79 Å². The van der Waals surface area contributed by atoms with E-state index in [-0.39, 0.29) is 5.91 Å². The Morgan fingerprint density at radius 1 is 1.12 bits per heavy atom. The van der Waals surface area contributed by atoms with Gasteiger partial charge in [-0.15, -0.1) is 0 Å². The summed E-state index contributed by atoms with van der Waals surface area (Å²) in [5.41, 5.74) is 5.12. The Labute approximate surface area is 189 Å². The van der Waals surface area contributed by atoms with Crippen molar-refractivity contribution in [1.82, 2.24) is 15.1 Å². The highest BCUT2D eigenvalue weighted by Crippen LogP contribution is 2.23. The fourth-order valence-corrected chi connectivity index (χ4v) is 3.45. The number of nitrogens with one attached hydrogen (secondary N) is 1. The lowest BCUT2D eigenvalue weighted by Gasteiger charge is -2.11. The number of benzene rings is 2. The third-order valence-corrected chi connectivity index (χ3v) is 5.06. The summed E-state index contributed by atoms with van der Waals surface area (Å²) in [6.07, 6.45) is 4.17. The molecule has 0 saturated heterocycles. The van der Waals surface area contributed by atoms with Gasteiger partial charge in [0.15, 0.2) is 0 Å². The summed E-state index contributed by atoms with van der Waals surface area (Å²) in [6, 6.07) is 15.8. The highest BCUT2D eigenvalue weighted by molar-refractivity contribution is 5.91. The molecule has 6 heteroatoms. The molecule has 0 aliphatic rings. The van der Waals surface area contributed by atoms with Crippen molar-refractivity contribution in [1.29, 1.82) is 0 Å². The van der Waals surface area contributed by atoms with E-state index in [4.69, 9.17) is 9.47 Å². The monoisotopic (exact) mass is 433 g/mol. The second-order valence-corrected chi connectivity index (χ2v) is 7.80. The molecule has 1 heterocycles. The van der Waals surface area contributed by atoms with Crippen LogP contribution in [-0.4, -0.2) is 29.3 Å². The summed E-state index contributed by atoms with van der Waals surface area (Å²) in [4.78, 5) is 12.2. The van der Waals surface area contributed by atoms with Gasteiger partial charge in [0.2, 0.25) is 5.91 Å². The molecule has 1 aromatic heterocycles. The van der Waals surface area contributed by atoms with Crippen molar-refractivity contribution in [2.24, 2.45) is 0 Å². The van der Waals surface area contributed by atoms with E-state index >= 15 is 0 Å². The predicted molar refractivity (Wildman–Crippen MR) is 127 cm³/mol. The molecule has 0 saturated carbocycles. The third kappa shape index (κ3) is 6.74. The van der Waals surface area contributed by atoms with Crippen LogP contribution in [0, 0.1) is 20.8 Å². The molecule has 6 nitrogen and oxygen atoms in total. The Morgan fingerprint density at radius 3 is 2.69 bits per heavy atom. The lowest BCUT2D eigenvalue weighted by Crippen LogP contribution is -2.23. The number of nitrogens with zero attached hydrogens (tertiary/aromatic N) is 2. The molecular weight excluding hydrogens is 402 g/mol. The number of carbonyl (C=O) groups is 1. The predicted octanol–water partition coefficient (Wildman–Crippen LogP) is 4.62. The van der Waals surface area contributed by atoms with Gasteiger partial charge in [0.1, 0.15) is 18.1 Å². The van der Waals surface area contributed by atoms with E-state index in [1.54, 1.807) is 19.3 Å². The number of aryl methyl sites for hydroxylation is 4. The average molecular weight is 434 g/mol. The van der Waals surface area contributed by atoms with Gasteiger partial charge in [0.25, 0.3) is 0 Å². The van der Waals surface area contributed by atoms with Crippen molar-refractivity contribution in [3.05, 3.63) is 82.7 Å². The zero-order valence-corrected chi connectivity index (χ0v) is 19.2. The van der Waals surface area contributed by atoms with Crippen LogP contribution in [0.1, 0.15) is 34.5 Å². The van der Waals surface area contributed by atoms with E-state index in [2.05, 4.69) is 16.5 Å². The summed E-state index contributed by atoms with van der Waals surface area (Å²) in [5.74, 6) is 1.45. The van der Waals surface area contributed by atoms with Crippen LogP contribution in [0.5, 0.6) is 11.5 Å². The van der Waals surface area contributed by atoms with Gasteiger partial charge >= 0.3 is 0 Å². The molecule has 0 fully saturated rings. The molecule has 2 aromatic carbocycles. The number of amides is 1. The van der Waals surface area contributed by atoms with Crippen molar-refractivity contribution < 1.29 is 14.3 Å². The Bertz CT molecular complexity index is 1090. The molecule has 3 aromatic rings. The van der Waals surface area contributed by atoms with E-state index < -0.39 is 0 Å². The summed E-state index contributed by atoms with van der Waals surface area (Å²) >= 11 is 0. The Morgan fingerprint density at radius 2 is 1.97 bits per heavy atom. The standard InChI is InChI=1S/C26H31N3O3/c1-19-7-5-8-24(15-19)32-18-23-17-22(9-11-25(23)31-4)10-12-26(30)27-13-6-14-29-21(3)16-20(2)28-29/h5,7-12,15-17H,6,13-14,18H2,1-4H3,(H,27,30)/b12-10+. The van der Waals surface area contributed by atoms with Crippen molar-refractivity contribution in [3.8, 4) is 11.5 Å². The van der Waals surface area contributed by atoms with Gasteiger partial charge in [-0.3, -0.25) is 9.48 Å². The molecule has 0 aliphatic carbocycles. The molecule has 0 radical (unpaired) electrons. The molecule has 168 valence electrons. The van der Waals surface area contributed by atoms with Crippen LogP contribution in [0.25, 0.3) is 6.08 Å². The smallest absolute Gasteiger partial charge is 0.244 e. The summed E-state index contributed by atoms with van der Waals surface area (Å²) in [6.45, 7) is 7.81. The third-order valence-electron chi connectivity index (χ3n) is 5.06. The Kier molecular flexibility index (Phi) is 8.08. The Hall–Kier alpha value is -3.54. The number of carbonyl (C=O) groups excluding carboxylic acids is 1. The van der Waals surface area contributed by atoms with Gasteiger partial charge in [-0.25, -0.2) is 0 Å². The first-order valence-corrected chi connectivity index (χ1v) is 10.8. The van der Waals surface area contributed by atoms with Crippen LogP contribution in [0.3, 0.4) is 0 Å². The van der Waals surface area contributed by atoms with Crippen molar-refractivity contribution in [3.63, 3.8) is 0 Å². The number of methoxy groups -OCH3 is 1. The minimum atomic E-state index is -0.119. The summed E-state index contributed by atoms with van der Waals surface area (Å²) < 4.78 is 13.3. The Balaban J connectivity index is 1.52. The first-order chi connectivity index (χ1) is 15.4. The summed E-state index contributed by atoms with van der Waals surface area (Å²) in [5, 5.41) is 7.36. The molecule has 1 N–H and O–H groups in total. The highest BCUT2D eigenvalue weighted by atomic mass is 16.5. The van der Waals surface area contributed by atoms with Gasteiger partial charge < -0.3 is 14.8 Å². The first kappa shape index (κ1) is 23.1. The maximum Gasteiger partial charge on any atom is 0.244 e. The van der Waals surface area contributed by atoms with Gasteiger partial charge in [-0.1, -0.05) is 18.2 Å². The SMILES string of the molecule is COc1ccc(/C=C/C(=O)NCCCn2nc(C)cc2C)cc1COc1cccc(C)c1. The fourth-order valence-electron chi connectivity index (χ4n) is 3.45. The van der Waals surface area contributed by atoms with E-state index in [0.717, 1.165) is 52.5 Å². The van der Waals surface area contributed by atoms with Crippen LogP contribution < -0.4 is 14.8 Å². The average Bonchev–Trinajstić information content (AvgIpc) is 3.10. The first-order valence-electron chi connectivity index (χ1n) is 10.8. The quantitative estimate of drug-likeness (QED) is 0.374. The number of aromatic nitrogens is 2. The number of hydrogen-bond donors (Lipinski definition) is 1. The van der Waals surface area contributed by atoms with E-state index in [0.29, 0.717) is 13.2 Å². The van der Waals surface area contributed by atoms with Gasteiger partial charge in [0, 0.05) is 30.4 Å². The fraction of sp³-hybridized carbons (Fsp3) is 0.308. The molecule has 0 spiro atoms. The number of rotatable bonds is 10. The van der Waals surface area contributed by atoms with Crippen LogP contribution in [0.2, 0.25) is 0 Å². The van der Waals surface area contributed by atoms with Gasteiger partial charge in [-0.05, 0) is 74.7 Å². The molecule has 1 amide bonds. The number of hydrogen-bond acceptors (Lipinski definition) is 4. The van der Waals surface area contributed by atoms with Crippen molar-refractivity contribution >= 4 is 12.0 Å².